The molecule has 0 unspecified atom stereocenters. The molecule has 0 bridgehead atoms. The Bertz CT molecular complexity index is 675. The number of ether oxygens (including phenoxy) is 2. The van der Waals surface area contributed by atoms with Gasteiger partial charge in [-0.1, -0.05) is 0 Å². The van der Waals surface area contributed by atoms with Crippen molar-refractivity contribution in [1.29, 1.82) is 0 Å². The van der Waals surface area contributed by atoms with Crippen LogP contribution in [0.3, 0.4) is 0 Å². The number of hydrogen-bond donors (Lipinski definition) is 3. The molecule has 0 spiro atoms. The van der Waals surface area contributed by atoms with Gasteiger partial charge in [-0.05, 0) is 39.3 Å². The number of alkyl halides is 3. The molecule has 11 heteroatoms. The number of alkyl carbamates (subject to hydrolysis) is 1. The third-order valence-electron chi connectivity index (χ3n) is 3.03. The Balaban J connectivity index is 2.52. The molecule has 1 aromatic heterocycles. The van der Waals surface area contributed by atoms with Gasteiger partial charge < -0.3 is 25.4 Å². The predicted molar refractivity (Wildman–Crippen MR) is 103 cm³/mol. The Hall–Kier alpha value is -2.72. The molecule has 0 saturated heterocycles. The monoisotopic (exact) mass is 419 g/mol. The van der Waals surface area contributed by atoms with Gasteiger partial charge in [-0.15, -0.1) is 0 Å². The first-order chi connectivity index (χ1) is 13.5. The Morgan fingerprint density at radius 2 is 1.86 bits per heavy atom. The minimum Gasteiger partial charge on any atom is -0.468 e. The van der Waals surface area contributed by atoms with E-state index in [1.165, 1.54) is 12.3 Å². The van der Waals surface area contributed by atoms with E-state index in [1.54, 1.807) is 26.8 Å². The molecule has 0 fully saturated rings. The van der Waals surface area contributed by atoms with Crippen molar-refractivity contribution < 1.29 is 27.4 Å². The second-order valence-electron chi connectivity index (χ2n) is 6.96. The Labute approximate surface area is 168 Å². The molecule has 0 aliphatic heterocycles. The van der Waals surface area contributed by atoms with Crippen LogP contribution in [0.15, 0.2) is 23.3 Å². The van der Waals surface area contributed by atoms with Crippen molar-refractivity contribution in [3.05, 3.63) is 23.9 Å². The van der Waals surface area contributed by atoms with E-state index >= 15 is 0 Å². The molecule has 29 heavy (non-hydrogen) atoms. The number of aromatic nitrogens is 1. The summed E-state index contributed by atoms with van der Waals surface area (Å²) in [5.74, 6) is 0.377. The predicted octanol–water partition coefficient (Wildman–Crippen LogP) is 2.60. The number of halogens is 3. The van der Waals surface area contributed by atoms with Gasteiger partial charge in [0.25, 0.3) is 0 Å². The van der Waals surface area contributed by atoms with Crippen LogP contribution in [0.4, 0.5) is 18.0 Å². The first kappa shape index (κ1) is 24.3. The van der Waals surface area contributed by atoms with Crippen molar-refractivity contribution in [3.63, 3.8) is 0 Å². The summed E-state index contributed by atoms with van der Waals surface area (Å²) in [5, 5.41) is 8.70. The molecule has 0 aliphatic rings. The second-order valence-corrected chi connectivity index (χ2v) is 6.96. The molecule has 1 heterocycles. The van der Waals surface area contributed by atoms with E-state index in [4.69, 9.17) is 4.74 Å². The number of nitrogens with one attached hydrogen (secondary N) is 3. The van der Waals surface area contributed by atoms with Crippen molar-refractivity contribution in [3.8, 4) is 5.88 Å². The molecular weight excluding hydrogens is 391 g/mol. The molecule has 0 aromatic carbocycles. The summed E-state index contributed by atoms with van der Waals surface area (Å²) >= 11 is 0. The van der Waals surface area contributed by atoms with E-state index < -0.39 is 24.5 Å². The summed E-state index contributed by atoms with van der Waals surface area (Å²) in [6.45, 7) is 7.37. The maximum absolute atomic E-state index is 12.2. The van der Waals surface area contributed by atoms with Crippen molar-refractivity contribution in [2.24, 2.45) is 4.99 Å². The molecular formula is C18H28F3N5O3. The summed E-state index contributed by atoms with van der Waals surface area (Å²) in [7, 11) is 0. The van der Waals surface area contributed by atoms with Crippen LogP contribution >= 0.6 is 0 Å². The Morgan fingerprint density at radius 1 is 1.17 bits per heavy atom. The highest BCUT2D eigenvalue weighted by molar-refractivity contribution is 5.79. The number of amides is 1. The molecule has 0 saturated carbocycles. The highest BCUT2D eigenvalue weighted by Gasteiger charge is 2.28. The number of carbonyl (C=O) groups excluding carboxylic acids is 1. The fourth-order valence-electron chi connectivity index (χ4n) is 1.96. The van der Waals surface area contributed by atoms with E-state index in [1.807, 2.05) is 6.92 Å². The average Bonchev–Trinajstić information content (AvgIpc) is 2.59. The van der Waals surface area contributed by atoms with Gasteiger partial charge in [-0.2, -0.15) is 13.2 Å². The molecule has 8 nitrogen and oxygen atoms in total. The largest absolute Gasteiger partial charge is 0.468 e. The molecule has 164 valence electrons. The molecule has 0 radical (unpaired) electrons. The summed E-state index contributed by atoms with van der Waals surface area (Å²) in [6, 6.07) is 3.04. The minimum absolute atomic E-state index is 0.116. The number of aliphatic imine (C=N–C) groups is 1. The lowest BCUT2D eigenvalue weighted by atomic mass is 10.2. The van der Waals surface area contributed by atoms with Gasteiger partial charge in [0.15, 0.2) is 12.6 Å². The van der Waals surface area contributed by atoms with E-state index in [0.29, 0.717) is 31.2 Å². The van der Waals surface area contributed by atoms with E-state index in [9.17, 15) is 18.0 Å². The smallest absolute Gasteiger partial charge is 0.422 e. The highest BCUT2D eigenvalue weighted by atomic mass is 19.4. The zero-order valence-electron chi connectivity index (χ0n) is 17.0. The standard InChI is InChI=1S/C18H28F3N5O3/c1-5-22-15(24-8-9-25-16(27)29-17(2,3)4)26-11-13-6-7-23-14(10-13)28-12-18(19,20)21/h6-7,10H,5,8-9,11-12H2,1-4H3,(H,25,27)(H2,22,24,26). The second kappa shape index (κ2) is 11.3. The highest BCUT2D eigenvalue weighted by Crippen LogP contribution is 2.17. The summed E-state index contributed by atoms with van der Waals surface area (Å²) in [5.41, 5.74) is 0.0717. The maximum Gasteiger partial charge on any atom is 0.422 e. The van der Waals surface area contributed by atoms with Gasteiger partial charge >= 0.3 is 12.3 Å². The third kappa shape index (κ3) is 12.4. The van der Waals surface area contributed by atoms with Gasteiger partial charge in [0.2, 0.25) is 5.88 Å². The normalized spacial score (nSPS) is 12.3. The summed E-state index contributed by atoms with van der Waals surface area (Å²) in [6.07, 6.45) is -3.57. The molecule has 0 aliphatic carbocycles. The molecule has 3 N–H and O–H groups in total. The first-order valence-corrected chi connectivity index (χ1v) is 9.12. The van der Waals surface area contributed by atoms with Gasteiger partial charge in [0, 0.05) is 31.9 Å². The molecule has 1 amide bonds. The van der Waals surface area contributed by atoms with Crippen LogP contribution < -0.4 is 20.7 Å². The average molecular weight is 419 g/mol. The molecule has 1 aromatic rings. The van der Waals surface area contributed by atoms with Crippen molar-refractivity contribution in [2.45, 2.75) is 46.0 Å². The SMILES string of the molecule is CCNC(=NCc1ccnc(OCC(F)(F)F)c1)NCCNC(=O)OC(C)(C)C. The minimum atomic E-state index is -4.43. The lowest BCUT2D eigenvalue weighted by Crippen LogP contribution is -2.42. The van der Waals surface area contributed by atoms with Crippen molar-refractivity contribution in [2.75, 3.05) is 26.2 Å². The van der Waals surface area contributed by atoms with Gasteiger partial charge in [0.1, 0.15) is 5.60 Å². The van der Waals surface area contributed by atoms with E-state index in [0.717, 1.165) is 0 Å². The fraction of sp³-hybridized carbons (Fsp3) is 0.611. The van der Waals surface area contributed by atoms with Gasteiger partial charge in [-0.3, -0.25) is 0 Å². The van der Waals surface area contributed by atoms with Crippen molar-refractivity contribution in [1.82, 2.24) is 20.9 Å². The summed E-state index contributed by atoms with van der Waals surface area (Å²) in [4.78, 5) is 19.7. The third-order valence-corrected chi connectivity index (χ3v) is 3.03. The number of carbonyl (C=O) groups is 1. The Morgan fingerprint density at radius 3 is 2.48 bits per heavy atom. The van der Waals surface area contributed by atoms with Crippen LogP contribution in [0.25, 0.3) is 0 Å². The van der Waals surface area contributed by atoms with E-state index in [2.05, 4.69) is 30.7 Å². The topological polar surface area (TPSA) is 96.9 Å². The molecule has 1 rings (SSSR count). The zero-order chi connectivity index (χ0) is 21.9. The quantitative estimate of drug-likeness (QED) is 0.341. The van der Waals surface area contributed by atoms with Crippen LogP contribution in [-0.2, 0) is 11.3 Å². The Kier molecular flexibility index (Phi) is 9.49. The number of rotatable bonds is 8. The zero-order valence-corrected chi connectivity index (χ0v) is 17.0. The maximum atomic E-state index is 12.2. The van der Waals surface area contributed by atoms with E-state index in [-0.39, 0.29) is 12.4 Å². The van der Waals surface area contributed by atoms with Crippen LogP contribution in [0, 0.1) is 0 Å². The number of nitrogens with zero attached hydrogens (tertiary/aromatic N) is 2. The van der Waals surface area contributed by atoms with Crippen LogP contribution in [0.5, 0.6) is 5.88 Å². The lowest BCUT2D eigenvalue weighted by molar-refractivity contribution is -0.154. The van der Waals surface area contributed by atoms with Crippen LogP contribution in [0.2, 0.25) is 0 Å². The van der Waals surface area contributed by atoms with Crippen LogP contribution in [-0.4, -0.2) is 55.1 Å². The lowest BCUT2D eigenvalue weighted by Gasteiger charge is -2.19. The molecule has 0 atom stereocenters. The van der Waals surface area contributed by atoms with Crippen molar-refractivity contribution >= 4 is 12.1 Å². The van der Waals surface area contributed by atoms with Crippen LogP contribution in [0.1, 0.15) is 33.3 Å². The fourth-order valence-corrected chi connectivity index (χ4v) is 1.96. The summed E-state index contributed by atoms with van der Waals surface area (Å²) < 4.78 is 46.5. The number of hydrogen-bond acceptors (Lipinski definition) is 5. The van der Waals surface area contributed by atoms with Gasteiger partial charge in [-0.25, -0.2) is 14.8 Å². The van der Waals surface area contributed by atoms with Gasteiger partial charge in [0.05, 0.1) is 6.54 Å². The number of guanidine groups is 1. The number of pyridine rings is 1. The first-order valence-electron chi connectivity index (χ1n) is 9.12.